The van der Waals surface area contributed by atoms with Crippen LogP contribution < -0.4 is 11.1 Å². The maximum Gasteiger partial charge on any atom is 0.193 e. The Morgan fingerprint density at radius 3 is 2.54 bits per heavy atom. The highest BCUT2D eigenvalue weighted by atomic mass is 127. The van der Waals surface area contributed by atoms with E-state index < -0.39 is 0 Å². The maximum atomic E-state index is 6.09. The summed E-state index contributed by atoms with van der Waals surface area (Å²) in [5.74, 6) is 1.00. The van der Waals surface area contributed by atoms with Crippen molar-refractivity contribution in [2.75, 3.05) is 25.0 Å². The molecule has 0 amide bonds. The predicted octanol–water partition coefficient (Wildman–Crippen LogP) is 4.42. The monoisotopic (exact) mass is 444 g/mol. The average molecular weight is 444 g/mol. The third kappa shape index (κ3) is 6.24. The molecule has 1 aliphatic rings. The Kier molecular flexibility index (Phi) is 8.50. The van der Waals surface area contributed by atoms with Crippen LogP contribution in [0.25, 0.3) is 0 Å². The predicted molar refractivity (Wildman–Crippen MR) is 116 cm³/mol. The van der Waals surface area contributed by atoms with Gasteiger partial charge in [0.25, 0.3) is 0 Å². The summed E-state index contributed by atoms with van der Waals surface area (Å²) in [5, 5.41) is 3.22. The third-order valence-corrected chi connectivity index (χ3v) is 4.67. The van der Waals surface area contributed by atoms with E-state index in [0.717, 1.165) is 12.2 Å². The zero-order chi connectivity index (χ0) is 16.9. The molecule has 1 aliphatic heterocycles. The Hall–Kier alpha value is -0.820. The fraction of sp³-hybridized carbons (Fsp3) is 0.632. The van der Waals surface area contributed by atoms with Crippen molar-refractivity contribution in [3.63, 3.8) is 0 Å². The van der Waals surface area contributed by atoms with Gasteiger partial charge in [-0.3, -0.25) is 9.89 Å². The summed E-state index contributed by atoms with van der Waals surface area (Å²) < 4.78 is 0. The van der Waals surface area contributed by atoms with Crippen LogP contribution in [0.5, 0.6) is 0 Å². The molecule has 0 bridgehead atoms. The van der Waals surface area contributed by atoms with Crippen molar-refractivity contribution in [3.05, 3.63) is 29.8 Å². The van der Waals surface area contributed by atoms with Crippen LogP contribution in [0, 0.1) is 0 Å². The highest BCUT2D eigenvalue weighted by Crippen LogP contribution is 2.21. The molecule has 4 nitrogen and oxygen atoms in total. The Morgan fingerprint density at radius 1 is 1.25 bits per heavy atom. The van der Waals surface area contributed by atoms with Gasteiger partial charge >= 0.3 is 0 Å². The SMILES string of the molecule is CC(C)c1cccc(NC(N)=NCC(C)(C)N2CCCCC2)c1.I. The van der Waals surface area contributed by atoms with Gasteiger partial charge in [0.05, 0.1) is 6.54 Å². The first-order chi connectivity index (χ1) is 10.9. The number of piperidine rings is 1. The molecule has 136 valence electrons. The zero-order valence-corrected chi connectivity index (χ0v) is 17.8. The van der Waals surface area contributed by atoms with Crippen molar-refractivity contribution in [1.29, 1.82) is 0 Å². The number of hydrogen-bond donors (Lipinski definition) is 2. The Bertz CT molecular complexity index is 534. The number of nitrogens with zero attached hydrogens (tertiary/aromatic N) is 2. The molecule has 0 radical (unpaired) electrons. The number of aliphatic imine (C=N–C) groups is 1. The topological polar surface area (TPSA) is 53.6 Å². The summed E-state index contributed by atoms with van der Waals surface area (Å²) in [5.41, 5.74) is 8.46. The summed E-state index contributed by atoms with van der Waals surface area (Å²) in [4.78, 5) is 7.12. The Morgan fingerprint density at radius 2 is 1.92 bits per heavy atom. The number of nitrogens with two attached hydrogens (primary N) is 1. The van der Waals surface area contributed by atoms with Crippen LogP contribution >= 0.6 is 24.0 Å². The summed E-state index contributed by atoms with van der Waals surface area (Å²) in [7, 11) is 0. The molecular formula is C19H33IN4. The van der Waals surface area contributed by atoms with Crippen LogP contribution in [-0.2, 0) is 0 Å². The van der Waals surface area contributed by atoms with Gasteiger partial charge in [-0.25, -0.2) is 0 Å². The summed E-state index contributed by atoms with van der Waals surface area (Å²) in [6.07, 6.45) is 3.94. The fourth-order valence-corrected chi connectivity index (χ4v) is 3.04. The first kappa shape index (κ1) is 21.2. The molecular weight excluding hydrogens is 411 g/mol. The van der Waals surface area contributed by atoms with E-state index in [1.807, 2.05) is 6.07 Å². The number of rotatable bonds is 5. The lowest BCUT2D eigenvalue weighted by atomic mass is 9.99. The molecule has 0 unspecified atom stereocenters. The van der Waals surface area contributed by atoms with Crippen molar-refractivity contribution >= 4 is 35.6 Å². The lowest BCUT2D eigenvalue weighted by Gasteiger charge is -2.40. The van der Waals surface area contributed by atoms with Crippen LogP contribution in [0.4, 0.5) is 5.69 Å². The lowest BCUT2D eigenvalue weighted by molar-refractivity contribution is 0.102. The number of benzene rings is 1. The Labute approximate surface area is 164 Å². The van der Waals surface area contributed by atoms with Crippen molar-refractivity contribution in [1.82, 2.24) is 4.90 Å². The molecule has 1 aromatic carbocycles. The second-order valence-electron chi connectivity index (χ2n) is 7.47. The van der Waals surface area contributed by atoms with Gasteiger partial charge < -0.3 is 11.1 Å². The molecule has 0 aromatic heterocycles. The highest BCUT2D eigenvalue weighted by molar-refractivity contribution is 14.0. The summed E-state index contributed by atoms with van der Waals surface area (Å²) in [6.45, 7) is 12.0. The van der Waals surface area contributed by atoms with Crippen LogP contribution in [-0.4, -0.2) is 36.0 Å². The van der Waals surface area contributed by atoms with Gasteiger partial charge in [0.2, 0.25) is 0 Å². The van der Waals surface area contributed by atoms with Crippen molar-refractivity contribution < 1.29 is 0 Å². The van der Waals surface area contributed by atoms with Gasteiger partial charge in [-0.05, 0) is 63.4 Å². The van der Waals surface area contributed by atoms with E-state index in [1.54, 1.807) is 0 Å². The number of nitrogens with one attached hydrogen (secondary N) is 1. The fourth-order valence-electron chi connectivity index (χ4n) is 3.04. The standard InChI is InChI=1S/C19H32N4.HI/c1-15(2)16-9-8-10-17(13-16)22-18(20)21-14-19(3,4)23-11-6-5-7-12-23;/h8-10,13,15H,5-7,11-12,14H2,1-4H3,(H3,20,21,22);1H. The van der Waals surface area contributed by atoms with E-state index in [-0.39, 0.29) is 29.5 Å². The van der Waals surface area contributed by atoms with Crippen LogP contribution in [0.15, 0.2) is 29.3 Å². The van der Waals surface area contributed by atoms with Crippen LogP contribution in [0.2, 0.25) is 0 Å². The molecule has 1 fully saturated rings. The third-order valence-electron chi connectivity index (χ3n) is 4.67. The van der Waals surface area contributed by atoms with Crippen LogP contribution in [0.3, 0.4) is 0 Å². The molecule has 0 atom stereocenters. The minimum Gasteiger partial charge on any atom is -0.370 e. The van der Waals surface area contributed by atoms with E-state index in [9.17, 15) is 0 Å². The van der Waals surface area contributed by atoms with Gasteiger partial charge in [-0.15, -0.1) is 24.0 Å². The molecule has 1 heterocycles. The highest BCUT2D eigenvalue weighted by Gasteiger charge is 2.27. The number of hydrogen-bond acceptors (Lipinski definition) is 2. The van der Waals surface area contributed by atoms with E-state index in [4.69, 9.17) is 5.73 Å². The smallest absolute Gasteiger partial charge is 0.193 e. The van der Waals surface area contributed by atoms with Crippen LogP contribution in [0.1, 0.15) is 58.4 Å². The minimum atomic E-state index is 0. The summed E-state index contributed by atoms with van der Waals surface area (Å²) in [6, 6.07) is 8.37. The number of guanidine groups is 1. The molecule has 0 saturated carbocycles. The van der Waals surface area contributed by atoms with Gasteiger partial charge in [0, 0.05) is 11.2 Å². The summed E-state index contributed by atoms with van der Waals surface area (Å²) >= 11 is 0. The second kappa shape index (κ2) is 9.61. The van der Waals surface area contributed by atoms with E-state index in [1.165, 1.54) is 37.9 Å². The van der Waals surface area contributed by atoms with E-state index >= 15 is 0 Å². The first-order valence-electron chi connectivity index (χ1n) is 8.80. The van der Waals surface area contributed by atoms with Gasteiger partial charge in [-0.1, -0.05) is 32.4 Å². The van der Waals surface area contributed by atoms with Crippen molar-refractivity contribution in [2.45, 2.75) is 58.4 Å². The molecule has 1 saturated heterocycles. The van der Waals surface area contributed by atoms with Gasteiger partial charge in [-0.2, -0.15) is 0 Å². The largest absolute Gasteiger partial charge is 0.370 e. The van der Waals surface area contributed by atoms with Gasteiger partial charge in [0.1, 0.15) is 0 Å². The molecule has 5 heteroatoms. The molecule has 3 N–H and O–H groups in total. The lowest BCUT2D eigenvalue weighted by Crippen LogP contribution is -2.49. The van der Waals surface area contributed by atoms with Crippen molar-refractivity contribution in [3.8, 4) is 0 Å². The normalized spacial score (nSPS) is 16.8. The van der Waals surface area contributed by atoms with E-state index in [0.29, 0.717) is 11.9 Å². The number of anilines is 1. The maximum absolute atomic E-state index is 6.09. The first-order valence-corrected chi connectivity index (χ1v) is 8.80. The Balaban J connectivity index is 0.00000288. The second-order valence-corrected chi connectivity index (χ2v) is 7.47. The van der Waals surface area contributed by atoms with Gasteiger partial charge in [0.15, 0.2) is 5.96 Å². The van der Waals surface area contributed by atoms with Crippen molar-refractivity contribution in [2.24, 2.45) is 10.7 Å². The van der Waals surface area contributed by atoms with E-state index in [2.05, 4.69) is 61.1 Å². The average Bonchev–Trinajstić information content (AvgIpc) is 2.54. The number of likely N-dealkylation sites (tertiary alicyclic amines) is 1. The molecule has 24 heavy (non-hydrogen) atoms. The molecule has 0 spiro atoms. The molecule has 2 rings (SSSR count). The molecule has 0 aliphatic carbocycles. The minimum absolute atomic E-state index is 0. The number of halogens is 1. The quantitative estimate of drug-likeness (QED) is 0.402. The zero-order valence-electron chi connectivity index (χ0n) is 15.5. The molecule has 1 aromatic rings.